The first-order valence-corrected chi connectivity index (χ1v) is 13.4. The average Bonchev–Trinajstić information content (AvgIpc) is 3.32. The molecule has 1 amide bonds. The van der Waals surface area contributed by atoms with E-state index in [4.69, 9.17) is 11.6 Å². The smallest absolute Gasteiger partial charge is 0.272 e. The first-order valence-electron chi connectivity index (χ1n) is 13.0. The molecule has 190 valence electrons. The number of hydrogen-bond acceptors (Lipinski definition) is 5. The van der Waals surface area contributed by atoms with Gasteiger partial charge in [-0.1, -0.05) is 29.8 Å². The Morgan fingerprint density at radius 1 is 1.00 bits per heavy atom. The summed E-state index contributed by atoms with van der Waals surface area (Å²) in [5.74, 6) is -0.132. The van der Waals surface area contributed by atoms with Crippen LogP contribution in [0.15, 0.2) is 60.9 Å². The van der Waals surface area contributed by atoms with Crippen molar-refractivity contribution in [2.75, 3.05) is 44.2 Å². The fraction of sp³-hybridized carbons (Fsp3) is 0.429. The van der Waals surface area contributed by atoms with Gasteiger partial charge in [0.2, 0.25) is 0 Å². The number of aromatic nitrogens is 2. The van der Waals surface area contributed by atoms with Crippen LogP contribution in [0.4, 0.5) is 5.69 Å². The highest BCUT2D eigenvalue weighted by atomic mass is 35.5. The Morgan fingerprint density at radius 2 is 1.86 bits per heavy atom. The Hall–Kier alpha value is -2.87. The van der Waals surface area contributed by atoms with Gasteiger partial charge >= 0.3 is 0 Å². The maximum absolute atomic E-state index is 12.9. The second kappa shape index (κ2) is 11.9. The van der Waals surface area contributed by atoms with Gasteiger partial charge in [0, 0.05) is 61.9 Å². The SMILES string of the molecule is O=C(NCc1ccc[nH]1)c1ncccc1N1CCCN(C2CCN(Cc3ccccc3Cl)CC2)CC1. The number of amides is 1. The Balaban J connectivity index is 1.15. The van der Waals surface area contributed by atoms with Gasteiger partial charge in [-0.25, -0.2) is 4.98 Å². The van der Waals surface area contributed by atoms with Gasteiger partial charge in [-0.15, -0.1) is 0 Å². The van der Waals surface area contributed by atoms with Gasteiger partial charge in [0.25, 0.3) is 5.91 Å². The van der Waals surface area contributed by atoms with Crippen LogP contribution in [-0.4, -0.2) is 71.0 Å². The molecule has 0 aliphatic carbocycles. The van der Waals surface area contributed by atoms with Crippen LogP contribution in [0.3, 0.4) is 0 Å². The lowest BCUT2D eigenvalue weighted by Crippen LogP contribution is -2.46. The molecule has 2 N–H and O–H groups in total. The van der Waals surface area contributed by atoms with E-state index in [0.29, 0.717) is 18.3 Å². The minimum absolute atomic E-state index is 0.132. The van der Waals surface area contributed by atoms with E-state index >= 15 is 0 Å². The lowest BCUT2D eigenvalue weighted by molar-refractivity contribution is 0.0946. The van der Waals surface area contributed by atoms with Crippen LogP contribution in [-0.2, 0) is 13.1 Å². The number of piperidine rings is 1. The minimum atomic E-state index is -0.132. The number of nitrogens with one attached hydrogen (secondary N) is 2. The first-order chi connectivity index (χ1) is 17.7. The fourth-order valence-corrected chi connectivity index (χ4v) is 5.61. The molecule has 2 aliphatic heterocycles. The molecule has 2 aliphatic rings. The van der Waals surface area contributed by atoms with Crippen molar-refractivity contribution in [3.8, 4) is 0 Å². The molecule has 7 nitrogen and oxygen atoms in total. The highest BCUT2D eigenvalue weighted by molar-refractivity contribution is 6.31. The van der Waals surface area contributed by atoms with Gasteiger partial charge in [-0.2, -0.15) is 0 Å². The van der Waals surface area contributed by atoms with E-state index in [1.165, 1.54) is 18.4 Å². The van der Waals surface area contributed by atoms with Gasteiger partial charge < -0.3 is 15.2 Å². The van der Waals surface area contributed by atoms with Crippen LogP contribution in [0.1, 0.15) is 41.0 Å². The molecule has 1 aromatic carbocycles. The van der Waals surface area contributed by atoms with E-state index in [0.717, 1.165) is 68.6 Å². The summed E-state index contributed by atoms with van der Waals surface area (Å²) >= 11 is 6.38. The molecule has 2 saturated heterocycles. The maximum Gasteiger partial charge on any atom is 0.272 e. The largest absolute Gasteiger partial charge is 0.368 e. The van der Waals surface area contributed by atoms with Crippen molar-refractivity contribution in [1.29, 1.82) is 0 Å². The van der Waals surface area contributed by atoms with Crippen molar-refractivity contribution in [2.24, 2.45) is 0 Å². The highest BCUT2D eigenvalue weighted by Crippen LogP contribution is 2.25. The number of hydrogen-bond donors (Lipinski definition) is 2. The normalized spacial score (nSPS) is 18.2. The molecule has 0 unspecified atom stereocenters. The summed E-state index contributed by atoms with van der Waals surface area (Å²) in [5.41, 5.74) is 3.62. The average molecular weight is 507 g/mol. The monoisotopic (exact) mass is 506 g/mol. The van der Waals surface area contributed by atoms with Gasteiger partial charge in [-0.05, 0) is 68.2 Å². The van der Waals surface area contributed by atoms with E-state index in [1.54, 1.807) is 6.20 Å². The molecular formula is C28H35ClN6O. The molecule has 4 heterocycles. The quantitative estimate of drug-likeness (QED) is 0.503. The fourth-order valence-electron chi connectivity index (χ4n) is 5.42. The third-order valence-corrected chi connectivity index (χ3v) is 7.77. The highest BCUT2D eigenvalue weighted by Gasteiger charge is 2.27. The third kappa shape index (κ3) is 6.09. The molecule has 2 aromatic heterocycles. The molecule has 0 atom stereocenters. The molecule has 5 rings (SSSR count). The zero-order valence-corrected chi connectivity index (χ0v) is 21.5. The van der Waals surface area contributed by atoms with Crippen LogP contribution in [0.5, 0.6) is 0 Å². The molecule has 0 saturated carbocycles. The lowest BCUT2D eigenvalue weighted by atomic mass is 10.0. The van der Waals surface area contributed by atoms with Gasteiger partial charge in [-0.3, -0.25) is 14.6 Å². The number of carbonyl (C=O) groups is 1. The molecule has 3 aromatic rings. The van der Waals surface area contributed by atoms with E-state index in [2.05, 4.69) is 42.1 Å². The Morgan fingerprint density at radius 3 is 2.67 bits per heavy atom. The number of nitrogens with zero attached hydrogens (tertiary/aromatic N) is 4. The van der Waals surface area contributed by atoms with E-state index in [-0.39, 0.29) is 5.91 Å². The van der Waals surface area contributed by atoms with Crippen LogP contribution < -0.4 is 10.2 Å². The molecule has 8 heteroatoms. The maximum atomic E-state index is 12.9. The minimum Gasteiger partial charge on any atom is -0.368 e. The number of benzene rings is 1. The van der Waals surface area contributed by atoms with Crippen LogP contribution in [0.25, 0.3) is 0 Å². The molecule has 0 bridgehead atoms. The van der Waals surface area contributed by atoms with Crippen molar-refractivity contribution < 1.29 is 4.79 Å². The molecule has 0 spiro atoms. The summed E-state index contributed by atoms with van der Waals surface area (Å²) in [6.07, 6.45) is 7.01. The van der Waals surface area contributed by atoms with Crippen molar-refractivity contribution in [2.45, 2.75) is 38.4 Å². The first kappa shape index (κ1) is 24.8. The van der Waals surface area contributed by atoms with Crippen molar-refractivity contribution in [1.82, 2.24) is 25.1 Å². The summed E-state index contributed by atoms with van der Waals surface area (Å²) in [4.78, 5) is 28.0. The van der Waals surface area contributed by atoms with Crippen LogP contribution in [0.2, 0.25) is 5.02 Å². The molecule has 36 heavy (non-hydrogen) atoms. The number of H-pyrrole nitrogens is 1. The molecule has 2 fully saturated rings. The van der Waals surface area contributed by atoms with Crippen molar-refractivity contribution in [3.63, 3.8) is 0 Å². The number of likely N-dealkylation sites (tertiary alicyclic amines) is 1. The van der Waals surface area contributed by atoms with Gasteiger partial charge in [0.1, 0.15) is 0 Å². The number of anilines is 1. The summed E-state index contributed by atoms with van der Waals surface area (Å²) in [6.45, 7) is 7.54. The van der Waals surface area contributed by atoms with Crippen LogP contribution >= 0.6 is 11.6 Å². The van der Waals surface area contributed by atoms with Gasteiger partial charge in [0.15, 0.2) is 5.69 Å². The predicted octanol–water partition coefficient (Wildman–Crippen LogP) is 4.17. The summed E-state index contributed by atoms with van der Waals surface area (Å²) < 4.78 is 0. The number of halogens is 1. The van der Waals surface area contributed by atoms with E-state index < -0.39 is 0 Å². The summed E-state index contributed by atoms with van der Waals surface area (Å²) in [6, 6.07) is 16.6. The lowest BCUT2D eigenvalue weighted by Gasteiger charge is -2.38. The summed E-state index contributed by atoms with van der Waals surface area (Å²) in [7, 11) is 0. The Kier molecular flexibility index (Phi) is 8.21. The van der Waals surface area contributed by atoms with Crippen molar-refractivity contribution >= 4 is 23.2 Å². The third-order valence-electron chi connectivity index (χ3n) is 7.40. The Labute approximate surface area is 218 Å². The standard InChI is InChI=1S/C28H35ClN6O/c29-25-8-2-1-6-22(25)21-33-16-10-24(11-17-33)34-14-5-15-35(19-18-34)26-9-4-13-31-27(26)28(36)32-20-23-7-3-12-30-23/h1-4,6-9,12-13,24,30H,5,10-11,14-21H2,(H,32,36). The van der Waals surface area contributed by atoms with E-state index in [9.17, 15) is 4.79 Å². The second-order valence-electron chi connectivity index (χ2n) is 9.72. The van der Waals surface area contributed by atoms with Crippen LogP contribution in [0, 0.1) is 0 Å². The zero-order valence-electron chi connectivity index (χ0n) is 20.7. The molecule has 0 radical (unpaired) electrons. The second-order valence-corrected chi connectivity index (χ2v) is 10.1. The number of carbonyl (C=O) groups excluding carboxylic acids is 1. The van der Waals surface area contributed by atoms with Gasteiger partial charge in [0.05, 0.1) is 12.2 Å². The van der Waals surface area contributed by atoms with Crippen molar-refractivity contribution in [3.05, 3.63) is 82.9 Å². The number of pyridine rings is 1. The summed E-state index contributed by atoms with van der Waals surface area (Å²) in [5, 5.41) is 3.86. The topological polar surface area (TPSA) is 67.5 Å². The van der Waals surface area contributed by atoms with E-state index in [1.807, 2.05) is 42.6 Å². The molecular weight excluding hydrogens is 472 g/mol. The Bertz CT molecular complexity index is 1130. The number of rotatable bonds is 7. The predicted molar refractivity (Wildman–Crippen MR) is 144 cm³/mol. The zero-order chi connectivity index (χ0) is 24.7. The number of aromatic amines is 1.